The molecule has 0 fully saturated rings. The second kappa shape index (κ2) is 5.26. The van der Waals surface area contributed by atoms with E-state index >= 15 is 0 Å². The molecule has 1 aromatic heterocycles. The van der Waals surface area contributed by atoms with Crippen molar-refractivity contribution in [3.63, 3.8) is 0 Å². The molecule has 0 saturated heterocycles. The van der Waals surface area contributed by atoms with Crippen molar-refractivity contribution < 1.29 is 12.8 Å². The van der Waals surface area contributed by atoms with Crippen LogP contribution < -0.4 is 4.72 Å². The van der Waals surface area contributed by atoms with Gasteiger partial charge in [0.1, 0.15) is 5.82 Å². The van der Waals surface area contributed by atoms with Crippen LogP contribution in [-0.2, 0) is 10.0 Å². The predicted octanol–water partition coefficient (Wildman–Crippen LogP) is 3.09. The van der Waals surface area contributed by atoms with Crippen molar-refractivity contribution in [3.8, 4) is 0 Å². The molecule has 0 radical (unpaired) electrons. The first-order valence-electron chi connectivity index (χ1n) is 5.29. The lowest BCUT2D eigenvalue weighted by Crippen LogP contribution is -2.14. The summed E-state index contributed by atoms with van der Waals surface area (Å²) >= 11 is 3.18. The van der Waals surface area contributed by atoms with Crippen molar-refractivity contribution in [2.45, 2.75) is 11.8 Å². The minimum Gasteiger partial charge on any atom is -0.262 e. The highest BCUT2D eigenvalue weighted by Gasteiger charge is 2.17. The van der Waals surface area contributed by atoms with Crippen LogP contribution in [0, 0.1) is 12.7 Å². The van der Waals surface area contributed by atoms with Gasteiger partial charge in [0.15, 0.2) is 5.82 Å². The molecule has 2 rings (SSSR count). The van der Waals surface area contributed by atoms with Gasteiger partial charge in [-0.1, -0.05) is 6.07 Å². The number of rotatable bonds is 3. The summed E-state index contributed by atoms with van der Waals surface area (Å²) in [5, 5.41) is 0. The lowest BCUT2D eigenvalue weighted by Gasteiger charge is -2.09. The lowest BCUT2D eigenvalue weighted by atomic mass is 10.2. The summed E-state index contributed by atoms with van der Waals surface area (Å²) in [6.45, 7) is 1.56. The third-order valence-corrected chi connectivity index (χ3v) is 4.42. The van der Waals surface area contributed by atoms with E-state index in [9.17, 15) is 12.8 Å². The molecule has 0 bridgehead atoms. The lowest BCUT2D eigenvalue weighted by molar-refractivity contribution is 0.593. The summed E-state index contributed by atoms with van der Waals surface area (Å²) in [4.78, 5) is 3.75. The van der Waals surface area contributed by atoms with Crippen LogP contribution in [0.5, 0.6) is 0 Å². The quantitative estimate of drug-likeness (QED) is 0.930. The smallest absolute Gasteiger partial charge is 0.262 e. The molecule has 0 unspecified atom stereocenters. The molecule has 0 aliphatic rings. The van der Waals surface area contributed by atoms with Gasteiger partial charge in [0, 0.05) is 6.20 Å². The third kappa shape index (κ3) is 3.10. The normalized spacial score (nSPS) is 11.3. The Morgan fingerprint density at radius 3 is 2.68 bits per heavy atom. The average molecular weight is 345 g/mol. The molecule has 0 amide bonds. The molecule has 4 nitrogen and oxygen atoms in total. The van der Waals surface area contributed by atoms with Crippen molar-refractivity contribution in [1.29, 1.82) is 0 Å². The fraction of sp³-hybridized carbons (Fsp3) is 0.0833. The predicted molar refractivity (Wildman–Crippen MR) is 73.9 cm³/mol. The summed E-state index contributed by atoms with van der Waals surface area (Å²) in [5.74, 6) is -0.411. The third-order valence-electron chi connectivity index (χ3n) is 2.44. The molecule has 100 valence electrons. The summed E-state index contributed by atoms with van der Waals surface area (Å²) < 4.78 is 40.4. The maximum Gasteiger partial charge on any atom is 0.263 e. The number of hydrogen-bond donors (Lipinski definition) is 1. The highest BCUT2D eigenvalue weighted by atomic mass is 79.9. The van der Waals surface area contributed by atoms with Gasteiger partial charge >= 0.3 is 0 Å². The van der Waals surface area contributed by atoms with Gasteiger partial charge in [-0.05, 0) is 52.7 Å². The molecular formula is C12H10BrFN2O2S. The SMILES string of the molecule is Cc1ccc(S(=O)(=O)Nc2ncccc2Br)cc1F. The molecule has 1 N–H and O–H groups in total. The zero-order valence-electron chi connectivity index (χ0n) is 9.89. The first kappa shape index (κ1) is 14.0. The van der Waals surface area contributed by atoms with E-state index in [2.05, 4.69) is 25.6 Å². The maximum absolute atomic E-state index is 13.4. The molecule has 0 spiro atoms. The number of aryl methyl sites for hydroxylation is 1. The van der Waals surface area contributed by atoms with Crippen LogP contribution in [0.15, 0.2) is 45.9 Å². The summed E-state index contributed by atoms with van der Waals surface area (Å²) in [6, 6.07) is 7.05. The molecule has 0 aliphatic heterocycles. The van der Waals surface area contributed by atoms with Crippen molar-refractivity contribution in [3.05, 3.63) is 52.4 Å². The standard InChI is InChI=1S/C12H10BrFN2O2S/c1-8-4-5-9(7-11(8)14)19(17,18)16-12-10(13)3-2-6-15-12/h2-7H,1H3,(H,15,16). The molecule has 0 saturated carbocycles. The Kier molecular flexibility index (Phi) is 3.86. The van der Waals surface area contributed by atoms with Crippen molar-refractivity contribution >= 4 is 31.8 Å². The Balaban J connectivity index is 2.38. The number of nitrogens with zero attached hydrogens (tertiary/aromatic N) is 1. The van der Waals surface area contributed by atoms with Crippen LogP contribution in [-0.4, -0.2) is 13.4 Å². The van der Waals surface area contributed by atoms with Gasteiger partial charge in [-0.25, -0.2) is 17.8 Å². The Bertz CT molecular complexity index is 719. The van der Waals surface area contributed by atoms with Crippen LogP contribution >= 0.6 is 15.9 Å². The zero-order valence-corrected chi connectivity index (χ0v) is 12.3. The minimum atomic E-state index is -3.86. The van der Waals surface area contributed by atoms with Crippen molar-refractivity contribution in [1.82, 2.24) is 4.98 Å². The molecule has 0 atom stereocenters. The van der Waals surface area contributed by atoms with E-state index in [1.807, 2.05) is 0 Å². The van der Waals surface area contributed by atoms with Gasteiger partial charge in [-0.2, -0.15) is 0 Å². The first-order chi connectivity index (χ1) is 8.90. The van der Waals surface area contributed by atoms with Crippen LogP contribution in [0.3, 0.4) is 0 Å². The van der Waals surface area contributed by atoms with Gasteiger partial charge in [-0.3, -0.25) is 4.72 Å². The fourth-order valence-corrected chi connectivity index (χ4v) is 2.91. The van der Waals surface area contributed by atoms with Crippen molar-refractivity contribution in [2.24, 2.45) is 0 Å². The number of sulfonamides is 1. The zero-order chi connectivity index (χ0) is 14.0. The molecule has 1 aromatic carbocycles. The highest BCUT2D eigenvalue weighted by Crippen LogP contribution is 2.22. The molecule has 2 aromatic rings. The number of anilines is 1. The second-order valence-electron chi connectivity index (χ2n) is 3.85. The van der Waals surface area contributed by atoms with Crippen LogP contribution in [0.4, 0.5) is 10.2 Å². The largest absolute Gasteiger partial charge is 0.263 e. The first-order valence-corrected chi connectivity index (χ1v) is 7.57. The Morgan fingerprint density at radius 2 is 2.05 bits per heavy atom. The van der Waals surface area contributed by atoms with E-state index in [0.717, 1.165) is 6.07 Å². The van der Waals surface area contributed by atoms with Crippen molar-refractivity contribution in [2.75, 3.05) is 4.72 Å². The van der Waals surface area contributed by atoms with Gasteiger partial charge in [0.05, 0.1) is 9.37 Å². The van der Waals surface area contributed by atoms with E-state index in [-0.39, 0.29) is 10.7 Å². The van der Waals surface area contributed by atoms with Crippen LogP contribution in [0.25, 0.3) is 0 Å². The minimum absolute atomic E-state index is 0.145. The van der Waals surface area contributed by atoms with Gasteiger partial charge in [0.2, 0.25) is 0 Å². The van der Waals surface area contributed by atoms with E-state index in [4.69, 9.17) is 0 Å². The molecular weight excluding hydrogens is 335 g/mol. The monoisotopic (exact) mass is 344 g/mol. The van der Waals surface area contributed by atoms with Gasteiger partial charge < -0.3 is 0 Å². The van der Waals surface area contributed by atoms with E-state index in [1.165, 1.54) is 18.3 Å². The van der Waals surface area contributed by atoms with Crippen LogP contribution in [0.1, 0.15) is 5.56 Å². The molecule has 7 heteroatoms. The number of aromatic nitrogens is 1. The average Bonchev–Trinajstić information content (AvgIpc) is 2.35. The van der Waals surface area contributed by atoms with E-state index < -0.39 is 15.8 Å². The molecule has 0 aliphatic carbocycles. The number of benzene rings is 1. The van der Waals surface area contributed by atoms with E-state index in [1.54, 1.807) is 19.1 Å². The summed E-state index contributed by atoms with van der Waals surface area (Å²) in [5.41, 5.74) is 0.387. The van der Waals surface area contributed by atoms with Gasteiger partial charge in [-0.15, -0.1) is 0 Å². The molecule has 19 heavy (non-hydrogen) atoms. The number of nitrogens with one attached hydrogen (secondary N) is 1. The topological polar surface area (TPSA) is 59.1 Å². The van der Waals surface area contributed by atoms with Crippen LogP contribution in [0.2, 0.25) is 0 Å². The molecule has 1 heterocycles. The second-order valence-corrected chi connectivity index (χ2v) is 6.39. The summed E-state index contributed by atoms with van der Waals surface area (Å²) in [7, 11) is -3.86. The van der Waals surface area contributed by atoms with E-state index in [0.29, 0.717) is 10.0 Å². The van der Waals surface area contributed by atoms with Gasteiger partial charge in [0.25, 0.3) is 10.0 Å². The fourth-order valence-electron chi connectivity index (χ4n) is 1.39. The Hall–Kier alpha value is -1.47. The Morgan fingerprint density at radius 1 is 1.32 bits per heavy atom. The summed E-state index contributed by atoms with van der Waals surface area (Å²) in [6.07, 6.45) is 1.46. The number of hydrogen-bond acceptors (Lipinski definition) is 3. The highest BCUT2D eigenvalue weighted by molar-refractivity contribution is 9.10. The number of halogens is 2. The number of pyridine rings is 1. The maximum atomic E-state index is 13.4. The Labute approximate surface area is 118 Å².